The van der Waals surface area contributed by atoms with Crippen LogP contribution in [-0.4, -0.2) is 36.8 Å². The van der Waals surface area contributed by atoms with Crippen LogP contribution in [0, 0.1) is 0 Å². The summed E-state index contributed by atoms with van der Waals surface area (Å²) in [5.41, 5.74) is 1.28. The maximum atomic E-state index is 13.4. The Balaban J connectivity index is 2.01. The SMILES string of the molecule is CCc1c2c(nc3ccc(O)cc13)-c1cc([C@@](O)(CC)C(=O)NC(C)C)c(CO)c(=O)n1C2. The monoisotopic (exact) mass is 451 g/mol. The molecule has 174 valence electrons. The highest BCUT2D eigenvalue weighted by Gasteiger charge is 2.41. The van der Waals surface area contributed by atoms with Crippen molar-refractivity contribution in [2.45, 2.75) is 65.3 Å². The molecule has 1 atom stereocenters. The largest absolute Gasteiger partial charge is 0.508 e. The van der Waals surface area contributed by atoms with Crippen molar-refractivity contribution in [1.29, 1.82) is 0 Å². The minimum Gasteiger partial charge on any atom is -0.508 e. The van der Waals surface area contributed by atoms with Crippen molar-refractivity contribution >= 4 is 16.8 Å². The van der Waals surface area contributed by atoms with E-state index in [4.69, 9.17) is 4.98 Å². The summed E-state index contributed by atoms with van der Waals surface area (Å²) in [6.45, 7) is 6.89. The van der Waals surface area contributed by atoms with E-state index in [1.807, 2.05) is 6.92 Å². The Bertz CT molecular complexity index is 1330. The van der Waals surface area contributed by atoms with Gasteiger partial charge in [-0.1, -0.05) is 13.8 Å². The van der Waals surface area contributed by atoms with Gasteiger partial charge >= 0.3 is 0 Å². The van der Waals surface area contributed by atoms with Gasteiger partial charge in [0.25, 0.3) is 11.5 Å². The highest BCUT2D eigenvalue weighted by atomic mass is 16.3. The maximum Gasteiger partial charge on any atom is 0.257 e. The van der Waals surface area contributed by atoms with Crippen LogP contribution < -0.4 is 10.9 Å². The number of pyridine rings is 2. The zero-order valence-corrected chi connectivity index (χ0v) is 19.3. The molecule has 0 fully saturated rings. The highest BCUT2D eigenvalue weighted by Crippen LogP contribution is 2.39. The number of rotatable bonds is 6. The zero-order valence-electron chi connectivity index (χ0n) is 19.3. The molecule has 0 spiro atoms. The van der Waals surface area contributed by atoms with Crippen LogP contribution in [0.15, 0.2) is 29.1 Å². The molecule has 0 bridgehead atoms. The molecule has 0 saturated carbocycles. The summed E-state index contributed by atoms with van der Waals surface area (Å²) in [5.74, 6) is -0.478. The van der Waals surface area contributed by atoms with Gasteiger partial charge in [0.15, 0.2) is 5.60 Å². The second-order valence-corrected chi connectivity index (χ2v) is 8.79. The molecular formula is C25H29N3O5. The number of aromatic hydroxyl groups is 1. The first-order valence-corrected chi connectivity index (χ1v) is 11.2. The molecule has 2 aromatic heterocycles. The Labute approximate surface area is 191 Å². The molecule has 33 heavy (non-hydrogen) atoms. The second kappa shape index (κ2) is 8.28. The fourth-order valence-electron chi connectivity index (χ4n) is 4.72. The Morgan fingerprint density at radius 3 is 2.58 bits per heavy atom. The van der Waals surface area contributed by atoms with Gasteiger partial charge in [0.1, 0.15) is 5.75 Å². The molecule has 8 nitrogen and oxygen atoms in total. The van der Waals surface area contributed by atoms with E-state index in [1.54, 1.807) is 45.0 Å². The summed E-state index contributed by atoms with van der Waals surface area (Å²) in [4.78, 5) is 31.1. The molecule has 0 radical (unpaired) electrons. The number of nitrogens with one attached hydrogen (secondary N) is 1. The van der Waals surface area contributed by atoms with E-state index >= 15 is 0 Å². The van der Waals surface area contributed by atoms with Gasteiger partial charge in [-0.05, 0) is 56.5 Å². The van der Waals surface area contributed by atoms with Gasteiger partial charge in [-0.2, -0.15) is 0 Å². The van der Waals surface area contributed by atoms with Gasteiger partial charge < -0.3 is 25.2 Å². The molecule has 8 heteroatoms. The highest BCUT2D eigenvalue weighted by molar-refractivity contribution is 5.90. The van der Waals surface area contributed by atoms with E-state index in [2.05, 4.69) is 5.32 Å². The fourth-order valence-corrected chi connectivity index (χ4v) is 4.72. The number of hydrogen-bond acceptors (Lipinski definition) is 6. The van der Waals surface area contributed by atoms with Gasteiger partial charge in [0.2, 0.25) is 0 Å². The molecule has 1 aliphatic heterocycles. The van der Waals surface area contributed by atoms with Crippen molar-refractivity contribution in [2.24, 2.45) is 0 Å². The van der Waals surface area contributed by atoms with Crippen molar-refractivity contribution in [2.75, 3.05) is 0 Å². The molecule has 3 heterocycles. The first-order valence-electron chi connectivity index (χ1n) is 11.2. The lowest BCUT2D eigenvalue weighted by Crippen LogP contribution is -2.48. The van der Waals surface area contributed by atoms with Crippen LogP contribution in [0.2, 0.25) is 0 Å². The molecule has 1 amide bonds. The molecule has 1 aliphatic rings. The van der Waals surface area contributed by atoms with E-state index in [0.717, 1.165) is 16.5 Å². The van der Waals surface area contributed by atoms with Crippen molar-refractivity contribution in [3.8, 4) is 17.1 Å². The summed E-state index contributed by atoms with van der Waals surface area (Å²) in [6.07, 6.45) is 0.696. The Kier molecular flexibility index (Phi) is 5.76. The summed E-state index contributed by atoms with van der Waals surface area (Å²) in [7, 11) is 0. The number of aliphatic hydroxyl groups is 2. The third-order valence-corrected chi connectivity index (χ3v) is 6.41. The lowest BCUT2D eigenvalue weighted by molar-refractivity contribution is -0.142. The van der Waals surface area contributed by atoms with Gasteiger partial charge in [-0.25, -0.2) is 4.98 Å². The first kappa shape index (κ1) is 22.9. The number of carbonyl (C=O) groups is 1. The third kappa shape index (κ3) is 3.50. The lowest BCUT2D eigenvalue weighted by Gasteiger charge is -2.29. The van der Waals surface area contributed by atoms with Crippen LogP contribution in [0.5, 0.6) is 5.75 Å². The van der Waals surface area contributed by atoms with Crippen molar-refractivity contribution in [3.05, 3.63) is 56.9 Å². The molecular weight excluding hydrogens is 422 g/mol. The molecule has 4 N–H and O–H groups in total. The minimum absolute atomic E-state index is 0.00457. The molecule has 3 aromatic rings. The predicted molar refractivity (Wildman–Crippen MR) is 125 cm³/mol. The number of phenolic OH excluding ortho intramolecular Hbond substituents is 1. The summed E-state index contributed by atoms with van der Waals surface area (Å²) in [6, 6.07) is 6.37. The summed E-state index contributed by atoms with van der Waals surface area (Å²) < 4.78 is 1.53. The number of carbonyl (C=O) groups excluding carboxylic acids is 1. The summed E-state index contributed by atoms with van der Waals surface area (Å²) in [5, 5.41) is 35.0. The number of benzene rings is 1. The van der Waals surface area contributed by atoms with Gasteiger partial charge in [0, 0.05) is 28.1 Å². The predicted octanol–water partition coefficient (Wildman–Crippen LogP) is 2.31. The molecule has 0 unspecified atom stereocenters. The maximum absolute atomic E-state index is 13.4. The number of aromatic nitrogens is 2. The van der Waals surface area contributed by atoms with Crippen LogP contribution in [0.3, 0.4) is 0 Å². The molecule has 1 aromatic carbocycles. The topological polar surface area (TPSA) is 125 Å². The molecule has 0 aliphatic carbocycles. The van der Waals surface area contributed by atoms with Gasteiger partial charge in [-0.3, -0.25) is 9.59 Å². The van der Waals surface area contributed by atoms with E-state index in [9.17, 15) is 24.9 Å². The van der Waals surface area contributed by atoms with Crippen molar-refractivity contribution < 1.29 is 20.1 Å². The Morgan fingerprint density at radius 2 is 1.97 bits per heavy atom. The third-order valence-electron chi connectivity index (χ3n) is 6.41. The van der Waals surface area contributed by atoms with E-state index in [-0.39, 0.29) is 35.9 Å². The van der Waals surface area contributed by atoms with Crippen molar-refractivity contribution in [1.82, 2.24) is 14.9 Å². The molecule has 4 rings (SSSR count). The molecule has 0 saturated heterocycles. The number of aryl methyl sites for hydroxylation is 1. The van der Waals surface area contributed by atoms with Crippen LogP contribution in [0.1, 0.15) is 56.4 Å². The van der Waals surface area contributed by atoms with Crippen LogP contribution in [-0.2, 0) is 30.0 Å². The van der Waals surface area contributed by atoms with E-state index in [0.29, 0.717) is 23.3 Å². The minimum atomic E-state index is -1.98. The number of fused-ring (bicyclic) bond motifs is 4. The summed E-state index contributed by atoms with van der Waals surface area (Å²) >= 11 is 0. The average Bonchev–Trinajstić information content (AvgIpc) is 3.15. The number of nitrogens with zero attached hydrogens (tertiary/aromatic N) is 2. The smallest absolute Gasteiger partial charge is 0.257 e. The van der Waals surface area contributed by atoms with Gasteiger partial charge in [-0.15, -0.1) is 0 Å². The Morgan fingerprint density at radius 1 is 1.24 bits per heavy atom. The normalized spacial score (nSPS) is 14.3. The fraction of sp³-hybridized carbons (Fsp3) is 0.400. The first-order chi connectivity index (χ1) is 15.7. The quantitative estimate of drug-likeness (QED) is 0.357. The number of hydrogen-bond donors (Lipinski definition) is 4. The lowest BCUT2D eigenvalue weighted by atomic mass is 9.86. The van der Waals surface area contributed by atoms with Crippen molar-refractivity contribution in [3.63, 3.8) is 0 Å². The van der Waals surface area contributed by atoms with Crippen LogP contribution in [0.25, 0.3) is 22.3 Å². The average molecular weight is 452 g/mol. The zero-order chi connectivity index (χ0) is 24.1. The number of phenols is 1. The van der Waals surface area contributed by atoms with Crippen LogP contribution in [0.4, 0.5) is 0 Å². The second-order valence-electron chi connectivity index (χ2n) is 8.79. The van der Waals surface area contributed by atoms with Crippen LogP contribution >= 0.6 is 0 Å². The van der Waals surface area contributed by atoms with Gasteiger partial charge in [0.05, 0.1) is 30.1 Å². The standard InChI is InChI=1S/C25H29N3O5/c1-5-15-16-9-14(30)7-8-20(16)27-22-17(15)11-28-21(22)10-19(18(12-29)23(28)31)25(33,6-2)24(32)26-13(3)4/h7-10,13,29-30,33H,5-6,11-12H2,1-4H3,(H,26,32)/t25-/m0/s1. The number of aliphatic hydroxyl groups excluding tert-OH is 1. The Hall–Kier alpha value is -3.23. The number of amides is 1. The van der Waals surface area contributed by atoms with E-state index in [1.165, 1.54) is 4.57 Å². The van der Waals surface area contributed by atoms with E-state index < -0.39 is 23.7 Å².